The second kappa shape index (κ2) is 13.8. The fraction of sp³-hybridized carbons (Fsp3) is 0.300. The minimum Gasteiger partial charge on any atom is -0.497 e. The van der Waals surface area contributed by atoms with Crippen LogP contribution in [0.3, 0.4) is 0 Å². The van der Waals surface area contributed by atoms with E-state index in [1.165, 1.54) is 11.1 Å². The van der Waals surface area contributed by atoms with Gasteiger partial charge in [0.05, 0.1) is 14.2 Å². The summed E-state index contributed by atoms with van der Waals surface area (Å²) in [5.74, 6) is 5.48. The molecule has 0 heterocycles. The van der Waals surface area contributed by atoms with Crippen molar-refractivity contribution in [1.29, 1.82) is 0 Å². The molecule has 8 heteroatoms. The highest BCUT2D eigenvalue weighted by Crippen LogP contribution is 2.26. The van der Waals surface area contributed by atoms with Gasteiger partial charge in [-0.25, -0.2) is 0 Å². The van der Waals surface area contributed by atoms with E-state index in [-0.39, 0.29) is 0 Å². The quantitative estimate of drug-likeness (QED) is 0.278. The SMILES string of the molecule is COc1ccc(CSC(=S)SCCSC(=S)SCc2ccc(OC)cc2)cc1. The molecule has 2 nitrogen and oxygen atoms in total. The van der Waals surface area contributed by atoms with E-state index in [1.807, 2.05) is 24.3 Å². The van der Waals surface area contributed by atoms with Crippen LogP contribution in [0.4, 0.5) is 0 Å². The lowest BCUT2D eigenvalue weighted by Gasteiger charge is -2.06. The van der Waals surface area contributed by atoms with Gasteiger partial charge in [0.25, 0.3) is 0 Å². The van der Waals surface area contributed by atoms with Crippen LogP contribution in [-0.4, -0.2) is 32.8 Å². The molecule has 0 fully saturated rings. The fourth-order valence-electron chi connectivity index (χ4n) is 2.06. The Morgan fingerprint density at radius 2 is 1.00 bits per heavy atom. The maximum Gasteiger partial charge on any atom is 0.118 e. The van der Waals surface area contributed by atoms with Crippen molar-refractivity contribution in [3.05, 3.63) is 59.7 Å². The van der Waals surface area contributed by atoms with Gasteiger partial charge in [-0.2, -0.15) is 0 Å². The molecule has 0 saturated heterocycles. The van der Waals surface area contributed by atoms with Gasteiger partial charge in [0.1, 0.15) is 18.6 Å². The topological polar surface area (TPSA) is 18.5 Å². The standard InChI is InChI=1S/C20H22O2S6/c1-21-17-7-3-15(4-8-17)13-27-19(23)25-11-12-26-20(24)28-14-16-5-9-18(22-2)10-6-16/h3-10H,11-14H2,1-2H3. The van der Waals surface area contributed by atoms with Crippen molar-refractivity contribution in [2.45, 2.75) is 11.5 Å². The van der Waals surface area contributed by atoms with E-state index in [0.29, 0.717) is 0 Å². The first-order valence-electron chi connectivity index (χ1n) is 8.45. The van der Waals surface area contributed by atoms with Gasteiger partial charge in [0.2, 0.25) is 0 Å². The number of thioether (sulfide) groups is 4. The third-order valence-corrected chi connectivity index (χ3v) is 9.36. The molecular formula is C20H22O2S6. The average molecular weight is 487 g/mol. The molecule has 0 radical (unpaired) electrons. The zero-order chi connectivity index (χ0) is 20.2. The number of benzene rings is 2. The Hall–Kier alpha value is -0.380. The number of hydrogen-bond donors (Lipinski definition) is 0. The number of thiocarbonyl (C=S) groups is 2. The van der Waals surface area contributed by atoms with Crippen molar-refractivity contribution in [2.75, 3.05) is 25.7 Å². The van der Waals surface area contributed by atoms with Gasteiger partial charge >= 0.3 is 0 Å². The maximum atomic E-state index is 5.46. The Morgan fingerprint density at radius 1 is 0.643 bits per heavy atom. The first-order valence-corrected chi connectivity index (χ1v) is 13.2. The van der Waals surface area contributed by atoms with E-state index in [4.69, 9.17) is 33.9 Å². The number of methoxy groups -OCH3 is 2. The largest absolute Gasteiger partial charge is 0.497 e. The molecular weight excluding hydrogens is 465 g/mol. The van der Waals surface area contributed by atoms with E-state index in [0.717, 1.165) is 41.6 Å². The van der Waals surface area contributed by atoms with Crippen LogP contribution in [0.5, 0.6) is 11.5 Å². The van der Waals surface area contributed by atoms with Gasteiger partial charge in [0, 0.05) is 23.0 Å². The molecule has 0 saturated carbocycles. The molecule has 0 bridgehead atoms. The highest BCUT2D eigenvalue weighted by molar-refractivity contribution is 8.48. The van der Waals surface area contributed by atoms with E-state index in [1.54, 1.807) is 61.3 Å². The van der Waals surface area contributed by atoms with Crippen molar-refractivity contribution in [3.63, 3.8) is 0 Å². The summed E-state index contributed by atoms with van der Waals surface area (Å²) in [6, 6.07) is 16.2. The highest BCUT2D eigenvalue weighted by Gasteiger charge is 2.04. The summed E-state index contributed by atoms with van der Waals surface area (Å²) in [6.45, 7) is 0. The summed E-state index contributed by atoms with van der Waals surface area (Å²) in [5, 5.41) is 0. The predicted molar refractivity (Wildman–Crippen MR) is 139 cm³/mol. The third kappa shape index (κ3) is 9.41. The molecule has 0 spiro atoms. The normalized spacial score (nSPS) is 10.5. The van der Waals surface area contributed by atoms with Crippen LogP contribution in [0.1, 0.15) is 11.1 Å². The van der Waals surface area contributed by atoms with Gasteiger partial charge in [-0.05, 0) is 35.4 Å². The van der Waals surface area contributed by atoms with Gasteiger partial charge in [-0.1, -0.05) is 48.7 Å². The van der Waals surface area contributed by atoms with Gasteiger partial charge in [-0.3, -0.25) is 0 Å². The summed E-state index contributed by atoms with van der Waals surface area (Å²) < 4.78 is 12.3. The third-order valence-electron chi connectivity index (χ3n) is 3.55. The van der Waals surface area contributed by atoms with Crippen molar-refractivity contribution in [3.8, 4) is 11.5 Å². The van der Waals surface area contributed by atoms with Crippen molar-refractivity contribution < 1.29 is 9.47 Å². The number of ether oxygens (including phenoxy) is 2. The molecule has 2 rings (SSSR count). The fourth-order valence-corrected chi connectivity index (χ4v) is 6.39. The Morgan fingerprint density at radius 3 is 1.32 bits per heavy atom. The van der Waals surface area contributed by atoms with E-state index < -0.39 is 0 Å². The molecule has 2 aromatic carbocycles. The Kier molecular flexibility index (Phi) is 11.8. The highest BCUT2D eigenvalue weighted by atomic mass is 32.2. The van der Waals surface area contributed by atoms with Crippen molar-refractivity contribution >= 4 is 78.5 Å². The Balaban J connectivity index is 1.55. The first-order chi connectivity index (χ1) is 13.6. The van der Waals surface area contributed by atoms with Crippen LogP contribution >= 0.6 is 71.5 Å². The minimum absolute atomic E-state index is 0.878. The molecule has 28 heavy (non-hydrogen) atoms. The predicted octanol–water partition coefficient (Wildman–Crippen LogP) is 6.91. The van der Waals surface area contributed by atoms with Crippen LogP contribution in [0.2, 0.25) is 0 Å². The molecule has 0 aliphatic carbocycles. The average Bonchev–Trinajstić information content (AvgIpc) is 2.74. The smallest absolute Gasteiger partial charge is 0.118 e. The second-order valence-corrected chi connectivity index (χ2v) is 12.0. The zero-order valence-corrected chi connectivity index (χ0v) is 20.6. The molecule has 0 aromatic heterocycles. The number of rotatable bonds is 9. The van der Waals surface area contributed by atoms with E-state index >= 15 is 0 Å². The van der Waals surface area contributed by atoms with Crippen molar-refractivity contribution in [1.82, 2.24) is 0 Å². The summed E-state index contributed by atoms with van der Waals surface area (Å²) in [6.07, 6.45) is 0. The van der Waals surface area contributed by atoms with Crippen LogP contribution in [0.15, 0.2) is 48.5 Å². The van der Waals surface area contributed by atoms with E-state index in [2.05, 4.69) is 24.3 Å². The lowest BCUT2D eigenvalue weighted by molar-refractivity contribution is 0.414. The molecule has 2 aromatic rings. The number of hydrogen-bond acceptors (Lipinski definition) is 8. The molecule has 0 atom stereocenters. The molecule has 0 aliphatic rings. The van der Waals surface area contributed by atoms with Crippen LogP contribution < -0.4 is 9.47 Å². The molecule has 0 aliphatic heterocycles. The van der Waals surface area contributed by atoms with Crippen LogP contribution in [-0.2, 0) is 11.5 Å². The van der Waals surface area contributed by atoms with Crippen molar-refractivity contribution in [2.24, 2.45) is 0 Å². The zero-order valence-electron chi connectivity index (χ0n) is 15.7. The molecule has 0 amide bonds. The summed E-state index contributed by atoms with van der Waals surface area (Å²) in [5.41, 5.74) is 2.50. The lowest BCUT2D eigenvalue weighted by atomic mass is 10.2. The summed E-state index contributed by atoms with van der Waals surface area (Å²) in [7, 11) is 3.35. The molecule has 0 N–H and O–H groups in total. The van der Waals surface area contributed by atoms with E-state index in [9.17, 15) is 0 Å². The second-order valence-electron chi connectivity index (χ2n) is 5.47. The Labute approximate surface area is 195 Å². The van der Waals surface area contributed by atoms with Crippen LogP contribution in [0, 0.1) is 0 Å². The summed E-state index contributed by atoms with van der Waals surface area (Å²) in [4.78, 5) is 0. The first kappa shape index (κ1) is 23.9. The Bertz CT molecular complexity index is 681. The van der Waals surface area contributed by atoms with Gasteiger partial charge in [-0.15, -0.1) is 47.0 Å². The lowest BCUT2D eigenvalue weighted by Crippen LogP contribution is -1.93. The molecule has 150 valence electrons. The van der Waals surface area contributed by atoms with Gasteiger partial charge < -0.3 is 9.47 Å². The maximum absolute atomic E-state index is 5.46. The van der Waals surface area contributed by atoms with Gasteiger partial charge in [0.15, 0.2) is 0 Å². The van der Waals surface area contributed by atoms with Crippen LogP contribution in [0.25, 0.3) is 0 Å². The minimum atomic E-state index is 0.878. The molecule has 0 unspecified atom stereocenters. The monoisotopic (exact) mass is 486 g/mol. The summed E-state index contributed by atoms with van der Waals surface area (Å²) >= 11 is 17.8.